The van der Waals surface area contributed by atoms with E-state index in [0.29, 0.717) is 13.3 Å². The summed E-state index contributed by atoms with van der Waals surface area (Å²) in [4.78, 5) is 14.6. The molecule has 12 heavy (non-hydrogen) atoms. The first kappa shape index (κ1) is 7.75. The van der Waals surface area contributed by atoms with Gasteiger partial charge < -0.3 is 0 Å². The van der Waals surface area contributed by atoms with Crippen LogP contribution in [0.25, 0.3) is 0 Å². The van der Waals surface area contributed by atoms with Crippen LogP contribution in [0, 0.1) is 10.1 Å². The minimum atomic E-state index is -0.315. The SMILES string of the molecule is O=[N+]([O-])N1CN2CCCN(C2)C1. The van der Waals surface area contributed by atoms with Gasteiger partial charge in [0.1, 0.15) is 13.3 Å². The van der Waals surface area contributed by atoms with E-state index in [0.717, 1.165) is 26.2 Å². The highest BCUT2D eigenvalue weighted by Gasteiger charge is 2.31. The Labute approximate surface area is 70.5 Å². The molecule has 0 spiro atoms. The lowest BCUT2D eigenvalue weighted by Crippen LogP contribution is -2.59. The summed E-state index contributed by atoms with van der Waals surface area (Å²) in [6.45, 7) is 3.82. The molecule has 0 aliphatic carbocycles. The van der Waals surface area contributed by atoms with Crippen molar-refractivity contribution < 1.29 is 5.03 Å². The molecule has 2 aliphatic rings. The molecular formula is C6H12N4O2. The molecular weight excluding hydrogens is 160 g/mol. The summed E-state index contributed by atoms with van der Waals surface area (Å²) in [5.41, 5.74) is 0. The second kappa shape index (κ2) is 2.87. The number of nitro groups is 1. The van der Waals surface area contributed by atoms with E-state index in [9.17, 15) is 10.1 Å². The fourth-order valence-corrected chi connectivity index (χ4v) is 1.78. The molecule has 2 bridgehead atoms. The first-order valence-electron chi connectivity index (χ1n) is 4.09. The third-order valence-electron chi connectivity index (χ3n) is 2.31. The van der Waals surface area contributed by atoms with Crippen molar-refractivity contribution in [2.75, 3.05) is 33.1 Å². The Morgan fingerprint density at radius 2 is 1.67 bits per heavy atom. The highest BCUT2D eigenvalue weighted by Crippen LogP contribution is 2.12. The molecule has 0 radical (unpaired) electrons. The Balaban J connectivity index is 2.00. The Morgan fingerprint density at radius 1 is 1.08 bits per heavy atom. The van der Waals surface area contributed by atoms with Crippen LogP contribution in [0.5, 0.6) is 0 Å². The van der Waals surface area contributed by atoms with E-state index in [1.165, 1.54) is 5.01 Å². The highest BCUT2D eigenvalue weighted by atomic mass is 16.7. The number of fused-ring (bicyclic) bond motifs is 2. The first-order chi connectivity index (χ1) is 5.75. The number of hydrogen-bond acceptors (Lipinski definition) is 4. The Bertz CT molecular complexity index is 186. The van der Waals surface area contributed by atoms with Gasteiger partial charge in [0.2, 0.25) is 0 Å². The van der Waals surface area contributed by atoms with E-state index >= 15 is 0 Å². The summed E-state index contributed by atoms with van der Waals surface area (Å²) < 4.78 is 0. The average Bonchev–Trinajstić information content (AvgIpc) is 2.03. The van der Waals surface area contributed by atoms with E-state index < -0.39 is 0 Å². The number of hydrazine groups is 1. The molecule has 0 amide bonds. The van der Waals surface area contributed by atoms with Crippen molar-refractivity contribution in [2.45, 2.75) is 6.42 Å². The van der Waals surface area contributed by atoms with Crippen molar-refractivity contribution >= 4 is 0 Å². The molecule has 2 unspecified atom stereocenters. The molecule has 6 nitrogen and oxygen atoms in total. The van der Waals surface area contributed by atoms with Crippen molar-refractivity contribution in [1.29, 1.82) is 0 Å². The standard InChI is InChI=1S/C6H12N4O2/c11-10(12)9-5-7-2-1-3-8(4-7)6-9/h1-6H2. The quantitative estimate of drug-likeness (QED) is 0.389. The summed E-state index contributed by atoms with van der Waals surface area (Å²) >= 11 is 0. The lowest BCUT2D eigenvalue weighted by atomic mass is 10.3. The summed E-state index contributed by atoms with van der Waals surface area (Å²) in [5, 5.41) is 11.4. The molecule has 2 heterocycles. The topological polar surface area (TPSA) is 52.9 Å². The lowest BCUT2D eigenvalue weighted by Gasteiger charge is -2.41. The molecule has 0 aromatic heterocycles. The lowest BCUT2D eigenvalue weighted by molar-refractivity contribution is -0.669. The van der Waals surface area contributed by atoms with Gasteiger partial charge in [0.05, 0.1) is 6.67 Å². The van der Waals surface area contributed by atoms with Crippen molar-refractivity contribution in [3.63, 3.8) is 0 Å². The molecule has 2 fully saturated rings. The van der Waals surface area contributed by atoms with Crippen molar-refractivity contribution in [1.82, 2.24) is 14.8 Å². The summed E-state index contributed by atoms with van der Waals surface area (Å²) in [7, 11) is 0. The van der Waals surface area contributed by atoms with Gasteiger partial charge in [-0.25, -0.2) is 10.1 Å². The second-order valence-corrected chi connectivity index (χ2v) is 3.31. The van der Waals surface area contributed by atoms with Crippen LogP contribution in [0.3, 0.4) is 0 Å². The fourth-order valence-electron chi connectivity index (χ4n) is 1.78. The molecule has 68 valence electrons. The third kappa shape index (κ3) is 1.35. The Hall–Kier alpha value is -0.880. The van der Waals surface area contributed by atoms with Gasteiger partial charge in [-0.2, -0.15) is 0 Å². The van der Waals surface area contributed by atoms with Gasteiger partial charge in [0.25, 0.3) is 0 Å². The largest absolute Gasteiger partial charge is 0.268 e. The molecule has 2 rings (SSSR count). The third-order valence-corrected chi connectivity index (χ3v) is 2.31. The van der Waals surface area contributed by atoms with E-state index in [4.69, 9.17) is 0 Å². The summed E-state index contributed by atoms with van der Waals surface area (Å²) in [6.07, 6.45) is 1.13. The smallest absolute Gasteiger partial charge is 0.162 e. The van der Waals surface area contributed by atoms with Crippen LogP contribution in [0.15, 0.2) is 0 Å². The van der Waals surface area contributed by atoms with Crippen molar-refractivity contribution in [3.8, 4) is 0 Å². The van der Waals surface area contributed by atoms with Gasteiger partial charge in [-0.1, -0.05) is 5.01 Å². The maximum atomic E-state index is 10.5. The normalized spacial score (nSPS) is 34.8. The number of nitrogens with zero attached hydrogens (tertiary/aromatic N) is 4. The van der Waals surface area contributed by atoms with E-state index in [1.807, 2.05) is 0 Å². The van der Waals surface area contributed by atoms with E-state index in [-0.39, 0.29) is 5.03 Å². The predicted molar refractivity (Wildman–Crippen MR) is 41.5 cm³/mol. The monoisotopic (exact) mass is 172 g/mol. The van der Waals surface area contributed by atoms with Gasteiger partial charge in [0, 0.05) is 13.1 Å². The molecule has 0 N–H and O–H groups in total. The van der Waals surface area contributed by atoms with Crippen LogP contribution in [0.2, 0.25) is 0 Å². The summed E-state index contributed by atoms with van der Waals surface area (Å²) in [6, 6.07) is 0. The fraction of sp³-hybridized carbons (Fsp3) is 1.00. The van der Waals surface area contributed by atoms with Crippen LogP contribution in [-0.4, -0.2) is 52.9 Å². The minimum Gasteiger partial charge on any atom is -0.268 e. The van der Waals surface area contributed by atoms with E-state index in [2.05, 4.69) is 9.80 Å². The summed E-state index contributed by atoms with van der Waals surface area (Å²) in [5.74, 6) is 0. The van der Waals surface area contributed by atoms with Crippen LogP contribution < -0.4 is 0 Å². The molecule has 6 heteroatoms. The zero-order chi connectivity index (χ0) is 8.55. The molecule has 0 aromatic rings. The van der Waals surface area contributed by atoms with Gasteiger partial charge >= 0.3 is 0 Å². The van der Waals surface area contributed by atoms with Gasteiger partial charge in [-0.3, -0.25) is 9.80 Å². The Morgan fingerprint density at radius 3 is 2.17 bits per heavy atom. The Kier molecular flexibility index (Phi) is 1.86. The molecule has 0 aromatic carbocycles. The second-order valence-electron chi connectivity index (χ2n) is 3.31. The van der Waals surface area contributed by atoms with Crippen LogP contribution in [0.4, 0.5) is 0 Å². The molecule has 2 aliphatic heterocycles. The van der Waals surface area contributed by atoms with Crippen molar-refractivity contribution in [3.05, 3.63) is 10.1 Å². The maximum absolute atomic E-state index is 10.5. The average molecular weight is 172 g/mol. The van der Waals surface area contributed by atoms with Crippen molar-refractivity contribution in [2.24, 2.45) is 0 Å². The maximum Gasteiger partial charge on any atom is 0.162 e. The molecule has 2 atom stereocenters. The molecule has 2 saturated heterocycles. The van der Waals surface area contributed by atoms with E-state index in [1.54, 1.807) is 0 Å². The highest BCUT2D eigenvalue weighted by molar-refractivity contribution is 4.70. The number of rotatable bonds is 1. The zero-order valence-corrected chi connectivity index (χ0v) is 6.85. The van der Waals surface area contributed by atoms with Crippen LogP contribution >= 0.6 is 0 Å². The van der Waals surface area contributed by atoms with Crippen LogP contribution in [-0.2, 0) is 0 Å². The zero-order valence-electron chi connectivity index (χ0n) is 6.85. The van der Waals surface area contributed by atoms with Gasteiger partial charge in [-0.15, -0.1) is 0 Å². The number of hydrogen-bond donors (Lipinski definition) is 0. The van der Waals surface area contributed by atoms with Crippen LogP contribution in [0.1, 0.15) is 6.42 Å². The van der Waals surface area contributed by atoms with Gasteiger partial charge in [-0.05, 0) is 6.42 Å². The first-order valence-corrected chi connectivity index (χ1v) is 4.09. The minimum absolute atomic E-state index is 0.315. The predicted octanol–water partition coefficient (Wildman–Crippen LogP) is -0.626. The van der Waals surface area contributed by atoms with Gasteiger partial charge in [0.15, 0.2) is 5.03 Å². The molecule has 0 saturated carbocycles.